The Bertz CT molecular complexity index is 341. The lowest BCUT2D eigenvalue weighted by Gasteiger charge is -2.12. The SMILES string of the molecule is CC1(Nc2ccc(C#N)cc2)CC1. The van der Waals surface area contributed by atoms with Crippen molar-refractivity contribution in [1.29, 1.82) is 5.26 Å². The first-order valence-electron chi connectivity index (χ1n) is 4.50. The van der Waals surface area contributed by atoms with Crippen LogP contribution in [-0.2, 0) is 0 Å². The first-order valence-corrected chi connectivity index (χ1v) is 4.50. The lowest BCUT2D eigenvalue weighted by Crippen LogP contribution is -2.15. The van der Waals surface area contributed by atoms with E-state index in [1.807, 2.05) is 24.3 Å². The summed E-state index contributed by atoms with van der Waals surface area (Å²) in [5, 5.41) is 12.0. The van der Waals surface area contributed by atoms with Gasteiger partial charge in [-0.3, -0.25) is 0 Å². The molecule has 1 aliphatic rings. The summed E-state index contributed by atoms with van der Waals surface area (Å²) >= 11 is 0. The summed E-state index contributed by atoms with van der Waals surface area (Å²) in [7, 11) is 0. The van der Waals surface area contributed by atoms with E-state index in [1.165, 1.54) is 12.8 Å². The van der Waals surface area contributed by atoms with Crippen molar-refractivity contribution in [3.63, 3.8) is 0 Å². The lowest BCUT2D eigenvalue weighted by atomic mass is 10.2. The van der Waals surface area contributed by atoms with Gasteiger partial charge < -0.3 is 5.32 Å². The van der Waals surface area contributed by atoms with Crippen molar-refractivity contribution >= 4 is 5.69 Å². The third-order valence-corrected chi connectivity index (χ3v) is 2.46. The average Bonchev–Trinajstić information content (AvgIpc) is 2.85. The van der Waals surface area contributed by atoms with Crippen molar-refractivity contribution in [2.75, 3.05) is 5.32 Å². The van der Waals surface area contributed by atoms with Crippen LogP contribution in [0.4, 0.5) is 5.69 Å². The van der Waals surface area contributed by atoms with Gasteiger partial charge in [-0.25, -0.2) is 0 Å². The van der Waals surface area contributed by atoms with Crippen LogP contribution in [0.2, 0.25) is 0 Å². The second-order valence-electron chi connectivity index (χ2n) is 3.87. The smallest absolute Gasteiger partial charge is 0.0991 e. The molecule has 1 fully saturated rings. The van der Waals surface area contributed by atoms with Gasteiger partial charge >= 0.3 is 0 Å². The molecule has 1 aliphatic carbocycles. The summed E-state index contributed by atoms with van der Waals surface area (Å²) in [4.78, 5) is 0. The summed E-state index contributed by atoms with van der Waals surface area (Å²) in [6, 6.07) is 9.71. The molecule has 0 heterocycles. The van der Waals surface area contributed by atoms with Crippen LogP contribution in [0.5, 0.6) is 0 Å². The van der Waals surface area contributed by atoms with Crippen LogP contribution in [0, 0.1) is 11.3 Å². The maximum Gasteiger partial charge on any atom is 0.0991 e. The van der Waals surface area contributed by atoms with Crippen LogP contribution in [0.1, 0.15) is 25.3 Å². The fourth-order valence-corrected chi connectivity index (χ4v) is 1.29. The van der Waals surface area contributed by atoms with Gasteiger partial charge in [-0.05, 0) is 44.0 Å². The summed E-state index contributed by atoms with van der Waals surface area (Å²) in [5.74, 6) is 0. The van der Waals surface area contributed by atoms with Crippen molar-refractivity contribution in [2.45, 2.75) is 25.3 Å². The van der Waals surface area contributed by atoms with Crippen LogP contribution >= 0.6 is 0 Å². The Morgan fingerprint density at radius 3 is 2.38 bits per heavy atom. The van der Waals surface area contributed by atoms with Gasteiger partial charge in [-0.15, -0.1) is 0 Å². The molecule has 0 amide bonds. The van der Waals surface area contributed by atoms with E-state index in [4.69, 9.17) is 5.26 Å². The lowest BCUT2D eigenvalue weighted by molar-refractivity contribution is 0.829. The number of hydrogen-bond donors (Lipinski definition) is 1. The second kappa shape index (κ2) is 2.77. The summed E-state index contributed by atoms with van der Waals surface area (Å²) in [6.45, 7) is 2.21. The van der Waals surface area contributed by atoms with E-state index in [1.54, 1.807) is 0 Å². The fourth-order valence-electron chi connectivity index (χ4n) is 1.29. The number of benzene rings is 1. The third kappa shape index (κ3) is 1.81. The number of nitrogens with one attached hydrogen (secondary N) is 1. The fraction of sp³-hybridized carbons (Fsp3) is 0.364. The second-order valence-corrected chi connectivity index (χ2v) is 3.87. The molecule has 0 spiro atoms. The Balaban J connectivity index is 2.10. The minimum absolute atomic E-state index is 0.314. The van der Waals surface area contributed by atoms with E-state index >= 15 is 0 Å². The molecule has 0 radical (unpaired) electrons. The van der Waals surface area contributed by atoms with Gasteiger partial charge in [0.2, 0.25) is 0 Å². The van der Waals surface area contributed by atoms with E-state index in [0.717, 1.165) is 5.69 Å². The quantitative estimate of drug-likeness (QED) is 0.744. The summed E-state index contributed by atoms with van der Waals surface area (Å²) < 4.78 is 0. The van der Waals surface area contributed by atoms with Crippen LogP contribution in [0.15, 0.2) is 24.3 Å². The molecule has 1 saturated carbocycles. The third-order valence-electron chi connectivity index (χ3n) is 2.46. The largest absolute Gasteiger partial charge is 0.380 e. The highest BCUT2D eigenvalue weighted by Gasteiger charge is 2.36. The summed E-state index contributed by atoms with van der Waals surface area (Å²) in [5.41, 5.74) is 2.14. The maximum atomic E-state index is 8.60. The van der Waals surface area contributed by atoms with Crippen LogP contribution in [0.25, 0.3) is 0 Å². The van der Waals surface area contributed by atoms with E-state index in [-0.39, 0.29) is 0 Å². The molecule has 1 aromatic carbocycles. The van der Waals surface area contributed by atoms with Crippen LogP contribution < -0.4 is 5.32 Å². The Morgan fingerprint density at radius 2 is 1.92 bits per heavy atom. The van der Waals surface area contributed by atoms with E-state index in [9.17, 15) is 0 Å². The average molecular weight is 172 g/mol. The Labute approximate surface area is 78.2 Å². The molecule has 0 atom stereocenters. The molecule has 2 rings (SSSR count). The Morgan fingerprint density at radius 1 is 1.31 bits per heavy atom. The van der Waals surface area contributed by atoms with Gasteiger partial charge in [-0.1, -0.05) is 0 Å². The first-order chi connectivity index (χ1) is 6.22. The number of hydrogen-bond acceptors (Lipinski definition) is 2. The molecule has 2 nitrogen and oxygen atoms in total. The Kier molecular flexibility index (Phi) is 1.73. The van der Waals surface area contributed by atoms with Gasteiger partial charge in [0, 0.05) is 11.2 Å². The normalized spacial score (nSPS) is 17.5. The first kappa shape index (κ1) is 8.12. The molecule has 0 unspecified atom stereocenters. The molecule has 13 heavy (non-hydrogen) atoms. The summed E-state index contributed by atoms with van der Waals surface area (Å²) in [6.07, 6.45) is 2.49. The van der Waals surface area contributed by atoms with Crippen molar-refractivity contribution < 1.29 is 0 Å². The Hall–Kier alpha value is -1.49. The molecule has 0 bridgehead atoms. The van der Waals surface area contributed by atoms with Crippen molar-refractivity contribution in [2.24, 2.45) is 0 Å². The monoisotopic (exact) mass is 172 g/mol. The molecule has 2 heteroatoms. The molecule has 1 N–H and O–H groups in total. The van der Waals surface area contributed by atoms with Crippen LogP contribution in [0.3, 0.4) is 0 Å². The topological polar surface area (TPSA) is 35.8 Å². The van der Waals surface area contributed by atoms with Crippen LogP contribution in [-0.4, -0.2) is 5.54 Å². The van der Waals surface area contributed by atoms with E-state index in [0.29, 0.717) is 11.1 Å². The zero-order valence-corrected chi connectivity index (χ0v) is 7.67. The predicted octanol–water partition coefficient (Wildman–Crippen LogP) is 2.52. The van der Waals surface area contributed by atoms with Crippen molar-refractivity contribution in [1.82, 2.24) is 0 Å². The van der Waals surface area contributed by atoms with E-state index in [2.05, 4.69) is 18.3 Å². The predicted molar refractivity (Wildman–Crippen MR) is 52.4 cm³/mol. The molecule has 1 aromatic rings. The maximum absolute atomic E-state index is 8.60. The minimum atomic E-state index is 0.314. The molecule has 0 saturated heterocycles. The number of nitriles is 1. The van der Waals surface area contributed by atoms with Crippen molar-refractivity contribution in [3.8, 4) is 6.07 Å². The minimum Gasteiger partial charge on any atom is -0.380 e. The van der Waals surface area contributed by atoms with Gasteiger partial charge in [-0.2, -0.15) is 5.26 Å². The van der Waals surface area contributed by atoms with Gasteiger partial charge in [0.1, 0.15) is 0 Å². The highest BCUT2D eigenvalue weighted by atomic mass is 15.0. The number of anilines is 1. The molecular formula is C11H12N2. The highest BCUT2D eigenvalue weighted by molar-refractivity contribution is 5.50. The molecule has 0 aromatic heterocycles. The number of nitrogens with zero attached hydrogens (tertiary/aromatic N) is 1. The van der Waals surface area contributed by atoms with E-state index < -0.39 is 0 Å². The van der Waals surface area contributed by atoms with Gasteiger partial charge in [0.05, 0.1) is 11.6 Å². The zero-order chi connectivity index (χ0) is 9.31. The zero-order valence-electron chi connectivity index (χ0n) is 7.67. The highest BCUT2D eigenvalue weighted by Crippen LogP contribution is 2.37. The number of rotatable bonds is 2. The standard InChI is InChI=1S/C11H12N2/c1-11(6-7-11)13-10-4-2-9(8-12)3-5-10/h2-5,13H,6-7H2,1H3. The van der Waals surface area contributed by atoms with Crippen molar-refractivity contribution in [3.05, 3.63) is 29.8 Å². The van der Waals surface area contributed by atoms with Gasteiger partial charge in [0.15, 0.2) is 0 Å². The molecular weight excluding hydrogens is 160 g/mol. The molecule has 0 aliphatic heterocycles. The molecule has 66 valence electrons. The van der Waals surface area contributed by atoms with Gasteiger partial charge in [0.25, 0.3) is 0 Å².